The molecule has 0 radical (unpaired) electrons. The quantitative estimate of drug-likeness (QED) is 0.482. The summed E-state index contributed by atoms with van der Waals surface area (Å²) in [7, 11) is 0. The molecule has 0 fully saturated rings. The molecule has 2 aromatic carbocycles. The summed E-state index contributed by atoms with van der Waals surface area (Å²) >= 11 is 8.51. The summed E-state index contributed by atoms with van der Waals surface area (Å²) in [5.41, 5.74) is 1.34. The second-order valence-corrected chi connectivity index (χ2v) is 8.27. The molecule has 27 heavy (non-hydrogen) atoms. The predicted molar refractivity (Wildman–Crippen MR) is 107 cm³/mol. The molecule has 0 bridgehead atoms. The van der Waals surface area contributed by atoms with Gasteiger partial charge in [0.2, 0.25) is 5.13 Å². The van der Waals surface area contributed by atoms with Crippen LogP contribution in [0.15, 0.2) is 52.9 Å². The maximum absolute atomic E-state index is 13.6. The molecule has 0 saturated carbocycles. The topological polar surface area (TPSA) is 67.3 Å². The standard InChI is InChI=1S/C18H17ClFN3O2S2/c19-13-7-5-12(6-8-13)9-25-10-14(24)11-26-18-23-22-17(27-18)21-16-4-2-1-3-15(16)20/h1-8,14,24H,9-11H2,(H,21,22). The van der Waals surface area contributed by atoms with E-state index < -0.39 is 6.10 Å². The van der Waals surface area contributed by atoms with E-state index in [-0.39, 0.29) is 12.4 Å². The molecule has 9 heteroatoms. The van der Waals surface area contributed by atoms with Gasteiger partial charge in [0.05, 0.1) is 25.0 Å². The zero-order chi connectivity index (χ0) is 19.1. The van der Waals surface area contributed by atoms with Gasteiger partial charge in [0.25, 0.3) is 0 Å². The van der Waals surface area contributed by atoms with E-state index in [1.54, 1.807) is 30.3 Å². The Bertz CT molecular complexity index is 864. The van der Waals surface area contributed by atoms with Gasteiger partial charge in [-0.05, 0) is 29.8 Å². The third-order valence-electron chi connectivity index (χ3n) is 3.41. The van der Waals surface area contributed by atoms with E-state index in [9.17, 15) is 9.50 Å². The maximum Gasteiger partial charge on any atom is 0.210 e. The van der Waals surface area contributed by atoms with Gasteiger partial charge < -0.3 is 15.2 Å². The molecule has 142 valence electrons. The minimum absolute atomic E-state index is 0.217. The average Bonchev–Trinajstić information content (AvgIpc) is 3.11. The minimum Gasteiger partial charge on any atom is -0.390 e. The summed E-state index contributed by atoms with van der Waals surface area (Å²) in [4.78, 5) is 0. The van der Waals surface area contributed by atoms with Crippen LogP contribution in [0, 0.1) is 5.82 Å². The summed E-state index contributed by atoms with van der Waals surface area (Å²) in [5, 5.41) is 22.1. The van der Waals surface area contributed by atoms with Crippen LogP contribution < -0.4 is 5.32 Å². The Labute approximate surface area is 169 Å². The molecule has 3 aromatic rings. The molecule has 0 aliphatic carbocycles. The first-order valence-corrected chi connectivity index (χ1v) is 10.3. The Morgan fingerprint density at radius 1 is 1.19 bits per heavy atom. The summed E-state index contributed by atoms with van der Waals surface area (Å²) < 4.78 is 19.8. The van der Waals surface area contributed by atoms with Crippen LogP contribution in [-0.4, -0.2) is 33.8 Å². The SMILES string of the molecule is OC(COCc1ccc(Cl)cc1)CSc1nnc(Nc2ccccc2F)s1. The van der Waals surface area contributed by atoms with Crippen molar-refractivity contribution in [2.75, 3.05) is 17.7 Å². The number of thioether (sulfide) groups is 1. The van der Waals surface area contributed by atoms with E-state index in [1.807, 2.05) is 12.1 Å². The number of aliphatic hydroxyl groups is 1. The number of ether oxygens (including phenoxy) is 1. The van der Waals surface area contributed by atoms with Crippen LogP contribution in [-0.2, 0) is 11.3 Å². The third kappa shape index (κ3) is 6.44. The van der Waals surface area contributed by atoms with Crippen LogP contribution in [0.3, 0.4) is 0 Å². The smallest absolute Gasteiger partial charge is 0.210 e. The van der Waals surface area contributed by atoms with E-state index in [0.717, 1.165) is 5.56 Å². The lowest BCUT2D eigenvalue weighted by atomic mass is 10.2. The summed E-state index contributed by atoms with van der Waals surface area (Å²) in [6.07, 6.45) is -0.630. The number of halogens is 2. The first kappa shape index (κ1) is 20.0. The number of rotatable bonds is 9. The molecule has 0 aliphatic rings. The Hall–Kier alpha value is -1.71. The number of anilines is 2. The monoisotopic (exact) mass is 425 g/mol. The van der Waals surface area contributed by atoms with Gasteiger partial charge in [0, 0.05) is 10.8 Å². The maximum atomic E-state index is 13.6. The molecule has 2 N–H and O–H groups in total. The Morgan fingerprint density at radius 2 is 1.96 bits per heavy atom. The number of benzene rings is 2. The zero-order valence-corrected chi connectivity index (χ0v) is 16.5. The normalized spacial score (nSPS) is 12.1. The van der Waals surface area contributed by atoms with Crippen LogP contribution in [0.5, 0.6) is 0 Å². The lowest BCUT2D eigenvalue weighted by molar-refractivity contribution is 0.0398. The summed E-state index contributed by atoms with van der Waals surface area (Å²) in [5.74, 6) is 0.0738. The van der Waals surface area contributed by atoms with Gasteiger partial charge in [-0.15, -0.1) is 10.2 Å². The molecule has 0 spiro atoms. The molecule has 1 unspecified atom stereocenters. The Kier molecular flexibility index (Phi) is 7.42. The fourth-order valence-corrected chi connectivity index (χ4v) is 3.93. The molecule has 0 saturated heterocycles. The number of hydrogen-bond donors (Lipinski definition) is 2. The van der Waals surface area contributed by atoms with Gasteiger partial charge in [-0.1, -0.05) is 59.0 Å². The highest BCUT2D eigenvalue weighted by molar-refractivity contribution is 8.01. The van der Waals surface area contributed by atoms with Crippen LogP contribution in [0.25, 0.3) is 0 Å². The second kappa shape index (κ2) is 10.0. The molecular formula is C18H17ClFN3O2S2. The number of nitrogens with one attached hydrogen (secondary N) is 1. The highest BCUT2D eigenvalue weighted by Gasteiger charge is 2.11. The fourth-order valence-electron chi connectivity index (χ4n) is 2.11. The fraction of sp³-hybridized carbons (Fsp3) is 0.222. The van der Waals surface area contributed by atoms with E-state index in [0.29, 0.717) is 32.5 Å². The van der Waals surface area contributed by atoms with E-state index in [4.69, 9.17) is 16.3 Å². The zero-order valence-electron chi connectivity index (χ0n) is 14.1. The molecule has 1 aromatic heterocycles. The number of aromatic nitrogens is 2. The minimum atomic E-state index is -0.630. The lowest BCUT2D eigenvalue weighted by Crippen LogP contribution is -2.17. The largest absolute Gasteiger partial charge is 0.390 e. The van der Waals surface area contributed by atoms with Crippen molar-refractivity contribution in [3.05, 3.63) is 64.9 Å². The van der Waals surface area contributed by atoms with Gasteiger partial charge in [-0.25, -0.2) is 4.39 Å². The van der Waals surface area contributed by atoms with Crippen molar-refractivity contribution >= 4 is 45.5 Å². The summed E-state index contributed by atoms with van der Waals surface area (Å²) in [6, 6.07) is 13.7. The van der Waals surface area contributed by atoms with Crippen molar-refractivity contribution < 1.29 is 14.2 Å². The van der Waals surface area contributed by atoms with Crippen molar-refractivity contribution in [1.82, 2.24) is 10.2 Å². The van der Waals surface area contributed by atoms with Gasteiger partial charge in [-0.2, -0.15) is 0 Å². The Morgan fingerprint density at radius 3 is 2.74 bits per heavy atom. The van der Waals surface area contributed by atoms with Crippen molar-refractivity contribution in [2.24, 2.45) is 0 Å². The van der Waals surface area contributed by atoms with Crippen LogP contribution in [0.2, 0.25) is 5.02 Å². The molecule has 3 rings (SSSR count). The summed E-state index contributed by atoms with van der Waals surface area (Å²) in [6.45, 7) is 0.628. The molecule has 0 amide bonds. The molecule has 5 nitrogen and oxygen atoms in total. The van der Waals surface area contributed by atoms with Gasteiger partial charge >= 0.3 is 0 Å². The highest BCUT2D eigenvalue weighted by Crippen LogP contribution is 2.28. The van der Waals surface area contributed by atoms with Crippen LogP contribution in [0.1, 0.15) is 5.56 Å². The van der Waals surface area contributed by atoms with Crippen molar-refractivity contribution in [2.45, 2.75) is 17.1 Å². The number of para-hydroxylation sites is 1. The number of hydrogen-bond acceptors (Lipinski definition) is 7. The van der Waals surface area contributed by atoms with E-state index in [1.165, 1.54) is 29.2 Å². The van der Waals surface area contributed by atoms with Gasteiger partial charge in [-0.3, -0.25) is 0 Å². The van der Waals surface area contributed by atoms with Crippen LogP contribution in [0.4, 0.5) is 15.2 Å². The highest BCUT2D eigenvalue weighted by atomic mass is 35.5. The number of aliphatic hydroxyl groups excluding tert-OH is 1. The Balaban J connectivity index is 1.40. The average molecular weight is 426 g/mol. The number of nitrogens with zero attached hydrogens (tertiary/aromatic N) is 2. The molecule has 1 heterocycles. The second-order valence-electron chi connectivity index (χ2n) is 5.58. The van der Waals surface area contributed by atoms with Gasteiger partial charge in [0.15, 0.2) is 4.34 Å². The van der Waals surface area contributed by atoms with Gasteiger partial charge in [0.1, 0.15) is 5.82 Å². The van der Waals surface area contributed by atoms with E-state index in [2.05, 4.69) is 15.5 Å². The molecule has 1 atom stereocenters. The lowest BCUT2D eigenvalue weighted by Gasteiger charge is -2.10. The first-order valence-electron chi connectivity index (χ1n) is 8.08. The molecular weight excluding hydrogens is 409 g/mol. The van der Waals surface area contributed by atoms with Crippen LogP contribution >= 0.6 is 34.7 Å². The predicted octanol–water partition coefficient (Wildman–Crippen LogP) is 4.74. The first-order chi connectivity index (χ1) is 13.1. The molecule has 0 aliphatic heterocycles. The van der Waals surface area contributed by atoms with Crippen molar-refractivity contribution in [3.8, 4) is 0 Å². The van der Waals surface area contributed by atoms with Crippen molar-refractivity contribution in [1.29, 1.82) is 0 Å². The van der Waals surface area contributed by atoms with Crippen molar-refractivity contribution in [3.63, 3.8) is 0 Å². The third-order valence-corrected chi connectivity index (χ3v) is 5.78. The van der Waals surface area contributed by atoms with E-state index >= 15 is 0 Å².